The molecule has 0 aliphatic rings. The van der Waals surface area contributed by atoms with Crippen molar-refractivity contribution in [2.45, 2.75) is 16.9 Å². The number of nitrogens with one attached hydrogen (secondary N) is 1. The Morgan fingerprint density at radius 3 is 2.65 bits per heavy atom. The number of benzene rings is 1. The van der Waals surface area contributed by atoms with E-state index in [1.54, 1.807) is 0 Å². The van der Waals surface area contributed by atoms with Crippen molar-refractivity contribution < 1.29 is 13.2 Å². The van der Waals surface area contributed by atoms with Crippen LogP contribution in [0.5, 0.6) is 0 Å². The molecule has 0 aromatic heterocycles. The molecule has 17 heavy (non-hydrogen) atoms. The topological polar surface area (TPSA) is 12.0 Å². The fourth-order valence-corrected chi connectivity index (χ4v) is 2.81. The molecule has 0 spiro atoms. The lowest BCUT2D eigenvalue weighted by molar-refractivity contribution is -0.0326. The molecule has 0 unspecified atom stereocenters. The van der Waals surface area contributed by atoms with Crippen molar-refractivity contribution in [2.24, 2.45) is 0 Å². The smallest absolute Gasteiger partial charge is 0.316 e. The van der Waals surface area contributed by atoms with Crippen molar-refractivity contribution in [2.75, 3.05) is 18.6 Å². The minimum atomic E-state index is -4.12. The Balaban J connectivity index is 2.34. The summed E-state index contributed by atoms with van der Waals surface area (Å²) in [6.07, 6.45) is 0. The largest absolute Gasteiger partial charge is 0.441 e. The Kier molecular flexibility index (Phi) is 6.22. The molecule has 6 heteroatoms. The highest BCUT2D eigenvalue weighted by molar-refractivity contribution is 8.03. The third kappa shape index (κ3) is 6.85. The molecule has 1 rings (SSSR count). The van der Waals surface area contributed by atoms with Gasteiger partial charge in [-0.05, 0) is 24.7 Å². The monoisotopic (exact) mass is 281 g/mol. The second kappa shape index (κ2) is 7.18. The predicted octanol–water partition coefficient (Wildman–Crippen LogP) is 3.75. The van der Waals surface area contributed by atoms with E-state index in [0.29, 0.717) is 5.75 Å². The van der Waals surface area contributed by atoms with Gasteiger partial charge in [-0.2, -0.15) is 13.2 Å². The first-order valence-corrected chi connectivity index (χ1v) is 7.05. The Labute approximate surface area is 108 Å². The van der Waals surface area contributed by atoms with E-state index in [1.807, 2.05) is 31.3 Å². The Hall–Kier alpha value is -0.330. The summed E-state index contributed by atoms with van der Waals surface area (Å²) in [4.78, 5) is 1.01. The number of hydrogen-bond donors (Lipinski definition) is 1. The van der Waals surface area contributed by atoms with Gasteiger partial charge in [0.2, 0.25) is 0 Å². The standard InChI is InChI=1S/C11H14F3NS2/c1-15-8-9-3-2-4-10(7-9)16-5-6-17-11(12,13)14/h2-4,7,15H,5-6,8H2,1H3. The van der Waals surface area contributed by atoms with Gasteiger partial charge in [0, 0.05) is 22.9 Å². The zero-order valence-corrected chi connectivity index (χ0v) is 11.0. The van der Waals surface area contributed by atoms with Crippen molar-refractivity contribution >= 4 is 23.5 Å². The van der Waals surface area contributed by atoms with Crippen LogP contribution in [-0.4, -0.2) is 24.1 Å². The van der Waals surface area contributed by atoms with Crippen molar-refractivity contribution in [1.29, 1.82) is 0 Å². The van der Waals surface area contributed by atoms with Gasteiger partial charge < -0.3 is 5.32 Å². The lowest BCUT2D eigenvalue weighted by Crippen LogP contribution is -2.04. The molecule has 0 aliphatic carbocycles. The normalized spacial score (nSPS) is 11.8. The van der Waals surface area contributed by atoms with Gasteiger partial charge >= 0.3 is 5.51 Å². The SMILES string of the molecule is CNCc1cccc(SCCSC(F)(F)F)c1. The molecule has 0 fully saturated rings. The van der Waals surface area contributed by atoms with Crippen LogP contribution in [0, 0.1) is 0 Å². The average Bonchev–Trinajstić information content (AvgIpc) is 2.24. The van der Waals surface area contributed by atoms with Crippen LogP contribution in [-0.2, 0) is 6.54 Å². The summed E-state index contributed by atoms with van der Waals surface area (Å²) in [6.45, 7) is 0.770. The minimum Gasteiger partial charge on any atom is -0.316 e. The molecule has 1 N–H and O–H groups in total. The van der Waals surface area contributed by atoms with Crippen LogP contribution >= 0.6 is 23.5 Å². The number of thioether (sulfide) groups is 2. The Morgan fingerprint density at radius 2 is 2.00 bits per heavy atom. The highest BCUT2D eigenvalue weighted by atomic mass is 32.2. The molecule has 0 saturated carbocycles. The highest BCUT2D eigenvalue weighted by Crippen LogP contribution is 2.31. The molecule has 0 heterocycles. The molecule has 1 aromatic carbocycles. The maximum absolute atomic E-state index is 11.9. The van der Waals surface area contributed by atoms with Crippen LogP contribution in [0.1, 0.15) is 5.56 Å². The van der Waals surface area contributed by atoms with Gasteiger partial charge in [-0.15, -0.1) is 11.8 Å². The molecule has 0 bridgehead atoms. The van der Waals surface area contributed by atoms with Crippen molar-refractivity contribution in [3.63, 3.8) is 0 Å². The first-order valence-electron chi connectivity index (χ1n) is 5.08. The molecule has 96 valence electrons. The summed E-state index contributed by atoms with van der Waals surface area (Å²) in [5.41, 5.74) is -2.98. The van der Waals surface area contributed by atoms with E-state index in [0.717, 1.165) is 17.0 Å². The highest BCUT2D eigenvalue weighted by Gasteiger charge is 2.27. The summed E-state index contributed by atoms with van der Waals surface area (Å²) >= 11 is 1.49. The van der Waals surface area contributed by atoms with E-state index < -0.39 is 5.51 Å². The maximum atomic E-state index is 11.9. The summed E-state index contributed by atoms with van der Waals surface area (Å²) in [5.74, 6) is 0.553. The van der Waals surface area contributed by atoms with Gasteiger partial charge in [0.15, 0.2) is 0 Å². The molecule has 0 radical (unpaired) electrons. The number of halogens is 3. The second-order valence-corrected chi connectivity index (χ2v) is 5.65. The summed E-state index contributed by atoms with van der Waals surface area (Å²) in [6, 6.07) is 7.83. The van der Waals surface area contributed by atoms with Crippen LogP contribution in [0.3, 0.4) is 0 Å². The van der Waals surface area contributed by atoms with E-state index in [-0.39, 0.29) is 17.5 Å². The summed E-state index contributed by atoms with van der Waals surface area (Å²) < 4.78 is 35.7. The minimum absolute atomic E-state index is 0.0341. The molecule has 1 nitrogen and oxygen atoms in total. The van der Waals surface area contributed by atoms with Gasteiger partial charge in [0.05, 0.1) is 0 Å². The molecule has 0 saturated heterocycles. The van der Waals surface area contributed by atoms with E-state index in [4.69, 9.17) is 0 Å². The number of hydrogen-bond acceptors (Lipinski definition) is 3. The van der Waals surface area contributed by atoms with Crippen LogP contribution < -0.4 is 5.32 Å². The molecular formula is C11H14F3NS2. The second-order valence-electron chi connectivity index (χ2n) is 3.32. The van der Waals surface area contributed by atoms with Gasteiger partial charge in [0.25, 0.3) is 0 Å². The Bertz CT molecular complexity index is 342. The van der Waals surface area contributed by atoms with E-state index in [1.165, 1.54) is 11.8 Å². The quantitative estimate of drug-likeness (QED) is 0.630. The van der Waals surface area contributed by atoms with Crippen LogP contribution in [0.15, 0.2) is 29.2 Å². The zero-order chi connectivity index (χ0) is 12.7. The van der Waals surface area contributed by atoms with Crippen molar-refractivity contribution in [3.8, 4) is 0 Å². The lowest BCUT2D eigenvalue weighted by Gasteiger charge is -2.06. The zero-order valence-electron chi connectivity index (χ0n) is 9.38. The maximum Gasteiger partial charge on any atom is 0.441 e. The van der Waals surface area contributed by atoms with Crippen LogP contribution in [0.2, 0.25) is 0 Å². The third-order valence-electron chi connectivity index (χ3n) is 1.90. The first kappa shape index (κ1) is 14.7. The fraction of sp³-hybridized carbons (Fsp3) is 0.455. The first-order chi connectivity index (χ1) is 8.01. The van der Waals surface area contributed by atoms with Crippen LogP contribution in [0.25, 0.3) is 0 Å². The van der Waals surface area contributed by atoms with Crippen molar-refractivity contribution in [1.82, 2.24) is 5.32 Å². The molecule has 0 atom stereocenters. The van der Waals surface area contributed by atoms with Gasteiger partial charge in [-0.1, -0.05) is 23.9 Å². The molecule has 0 aliphatic heterocycles. The lowest BCUT2D eigenvalue weighted by atomic mass is 10.2. The predicted molar refractivity (Wildman–Crippen MR) is 68.4 cm³/mol. The number of alkyl halides is 3. The van der Waals surface area contributed by atoms with E-state index in [2.05, 4.69) is 5.32 Å². The van der Waals surface area contributed by atoms with Gasteiger partial charge in [-0.25, -0.2) is 0 Å². The third-order valence-corrected chi connectivity index (χ3v) is 3.89. The van der Waals surface area contributed by atoms with E-state index >= 15 is 0 Å². The molecule has 0 amide bonds. The molecule has 1 aromatic rings. The number of rotatable bonds is 6. The Morgan fingerprint density at radius 1 is 1.24 bits per heavy atom. The van der Waals surface area contributed by atoms with Crippen LogP contribution in [0.4, 0.5) is 13.2 Å². The average molecular weight is 281 g/mol. The van der Waals surface area contributed by atoms with Gasteiger partial charge in [0.1, 0.15) is 0 Å². The summed E-state index contributed by atoms with van der Waals surface area (Å²) in [7, 11) is 1.86. The summed E-state index contributed by atoms with van der Waals surface area (Å²) in [5, 5.41) is 3.04. The fourth-order valence-electron chi connectivity index (χ4n) is 1.27. The van der Waals surface area contributed by atoms with Crippen molar-refractivity contribution in [3.05, 3.63) is 29.8 Å². The van der Waals surface area contributed by atoms with E-state index in [9.17, 15) is 13.2 Å². The molecular weight excluding hydrogens is 267 g/mol. The van der Waals surface area contributed by atoms with Gasteiger partial charge in [-0.3, -0.25) is 0 Å².